The largest absolute Gasteiger partial charge is 0.356 e. The molecule has 0 saturated carbocycles. The Hall–Kier alpha value is -4.17. The first-order chi connectivity index (χ1) is 19.8. The molecule has 2 aliphatic heterocycles. The number of aromatic amines is 1. The Balaban J connectivity index is 1.31. The minimum Gasteiger partial charge on any atom is -0.356 e. The predicted molar refractivity (Wildman–Crippen MR) is 155 cm³/mol. The molecule has 7 nitrogen and oxygen atoms in total. The van der Waals surface area contributed by atoms with E-state index >= 15 is 0 Å². The van der Waals surface area contributed by atoms with Crippen LogP contribution in [0.2, 0.25) is 5.02 Å². The van der Waals surface area contributed by atoms with Crippen molar-refractivity contribution in [3.8, 4) is 0 Å². The van der Waals surface area contributed by atoms with Crippen LogP contribution in [0.1, 0.15) is 59.1 Å². The van der Waals surface area contributed by atoms with Gasteiger partial charge >= 0.3 is 0 Å². The summed E-state index contributed by atoms with van der Waals surface area (Å²) in [7, 11) is 0. The van der Waals surface area contributed by atoms with Crippen LogP contribution in [0.15, 0.2) is 66.7 Å². The third kappa shape index (κ3) is 4.56. The van der Waals surface area contributed by atoms with Crippen molar-refractivity contribution in [2.75, 3.05) is 0 Å². The van der Waals surface area contributed by atoms with Gasteiger partial charge in [-0.2, -0.15) is 0 Å². The van der Waals surface area contributed by atoms with Crippen LogP contribution in [0.3, 0.4) is 0 Å². The highest BCUT2D eigenvalue weighted by atomic mass is 35.5. The summed E-state index contributed by atoms with van der Waals surface area (Å²) in [5, 5.41) is 6.92. The number of rotatable bonds is 7. The molecule has 1 aromatic heterocycles. The van der Waals surface area contributed by atoms with Crippen molar-refractivity contribution in [2.45, 2.75) is 51.4 Å². The monoisotopic (exact) mass is 572 g/mol. The molecular weight excluding hydrogens is 543 g/mol. The molecule has 41 heavy (non-hydrogen) atoms. The third-order valence-corrected chi connectivity index (χ3v) is 8.80. The molecule has 3 heterocycles. The van der Waals surface area contributed by atoms with Gasteiger partial charge in [-0.15, -0.1) is 0 Å². The van der Waals surface area contributed by atoms with Gasteiger partial charge in [0.2, 0.25) is 11.8 Å². The van der Waals surface area contributed by atoms with Crippen molar-refractivity contribution in [3.63, 3.8) is 0 Å². The molecule has 3 amide bonds. The molecule has 2 aliphatic rings. The number of nitrogens with one attached hydrogen (secondary N) is 3. The maximum atomic E-state index is 14.3. The molecule has 0 spiro atoms. The summed E-state index contributed by atoms with van der Waals surface area (Å²) in [5.41, 5.74) is 4.44. The lowest BCUT2D eigenvalue weighted by molar-refractivity contribution is -0.133. The average Bonchev–Trinajstić information content (AvgIpc) is 3.50. The van der Waals surface area contributed by atoms with Gasteiger partial charge in [0.05, 0.1) is 6.04 Å². The van der Waals surface area contributed by atoms with Gasteiger partial charge in [0, 0.05) is 45.7 Å². The molecule has 0 aliphatic carbocycles. The van der Waals surface area contributed by atoms with Crippen LogP contribution in [0.25, 0.3) is 10.9 Å². The first-order valence-corrected chi connectivity index (χ1v) is 14.2. The molecular formula is C32H30ClFN4O3. The second-order valence-electron chi connectivity index (χ2n) is 10.8. The van der Waals surface area contributed by atoms with E-state index in [-0.39, 0.29) is 29.0 Å². The van der Waals surface area contributed by atoms with E-state index < -0.39 is 35.8 Å². The Kier molecular flexibility index (Phi) is 7.03. The zero-order valence-corrected chi connectivity index (χ0v) is 23.5. The summed E-state index contributed by atoms with van der Waals surface area (Å²) >= 11 is 6.14. The van der Waals surface area contributed by atoms with Gasteiger partial charge in [-0.3, -0.25) is 14.4 Å². The fourth-order valence-electron chi connectivity index (χ4n) is 6.08. The Labute approximate surface area is 242 Å². The average molecular weight is 573 g/mol. The number of carbonyl (C=O) groups excluding carboxylic acids is 3. The van der Waals surface area contributed by atoms with E-state index in [2.05, 4.69) is 15.6 Å². The zero-order chi connectivity index (χ0) is 28.8. The van der Waals surface area contributed by atoms with Gasteiger partial charge in [0.1, 0.15) is 17.9 Å². The quantitative estimate of drug-likeness (QED) is 0.281. The van der Waals surface area contributed by atoms with E-state index in [4.69, 9.17) is 11.6 Å². The number of fused-ring (bicyclic) bond motifs is 7. The molecule has 6 rings (SSSR count). The van der Waals surface area contributed by atoms with Crippen molar-refractivity contribution < 1.29 is 18.8 Å². The summed E-state index contributed by atoms with van der Waals surface area (Å²) in [5.74, 6) is -1.80. The fraction of sp³-hybridized carbons (Fsp3) is 0.281. The molecule has 3 aromatic carbocycles. The highest BCUT2D eigenvalue weighted by Crippen LogP contribution is 2.46. The highest BCUT2D eigenvalue weighted by molar-refractivity contribution is 6.31. The van der Waals surface area contributed by atoms with Crippen LogP contribution >= 0.6 is 11.6 Å². The third-order valence-electron chi connectivity index (χ3n) is 8.45. The molecule has 9 heteroatoms. The van der Waals surface area contributed by atoms with Crippen molar-refractivity contribution >= 4 is 40.2 Å². The zero-order valence-electron chi connectivity index (χ0n) is 22.7. The van der Waals surface area contributed by atoms with E-state index in [1.807, 2.05) is 56.3 Å². The van der Waals surface area contributed by atoms with Gasteiger partial charge in [-0.25, -0.2) is 4.39 Å². The second kappa shape index (κ2) is 10.7. The normalized spacial score (nSPS) is 18.8. The van der Waals surface area contributed by atoms with Gasteiger partial charge in [-0.05, 0) is 41.3 Å². The first kappa shape index (κ1) is 27.0. The number of hydrogen-bond acceptors (Lipinski definition) is 3. The molecule has 4 aromatic rings. The van der Waals surface area contributed by atoms with E-state index in [0.29, 0.717) is 18.4 Å². The van der Waals surface area contributed by atoms with Crippen LogP contribution in [0.4, 0.5) is 4.39 Å². The maximum absolute atomic E-state index is 14.3. The lowest BCUT2D eigenvalue weighted by atomic mass is 9.89. The maximum Gasteiger partial charge on any atom is 0.255 e. The Bertz CT molecular complexity index is 1660. The number of amides is 3. The van der Waals surface area contributed by atoms with Crippen LogP contribution in [0.5, 0.6) is 0 Å². The van der Waals surface area contributed by atoms with Crippen molar-refractivity contribution in [1.29, 1.82) is 0 Å². The molecule has 0 bridgehead atoms. The van der Waals surface area contributed by atoms with E-state index in [1.165, 1.54) is 12.1 Å². The summed E-state index contributed by atoms with van der Waals surface area (Å²) in [6, 6.07) is 17.5. The standard InChI is InChI=1S/C32H30ClFN4O3/c1-3-17(2)27(31(40)35-16-22-23(33)12-8-13-24(22)34)37-30(39)26-15-21-18-9-6-7-14-25(18)36-28(21)29-19-10-4-5-11-20(19)32(41)38(26)29/h4-14,17,26-27,29,36H,3,15-16H2,1-2H3,(H,35,40)(H,37,39)/t17?,26-,27-,29?/m0/s1. The molecule has 210 valence electrons. The van der Waals surface area contributed by atoms with Crippen molar-refractivity contribution in [2.24, 2.45) is 5.92 Å². The summed E-state index contributed by atoms with van der Waals surface area (Å²) in [4.78, 5) is 46.3. The number of nitrogens with zero attached hydrogens (tertiary/aromatic N) is 1. The van der Waals surface area contributed by atoms with Crippen molar-refractivity contribution in [3.05, 3.63) is 106 Å². The number of hydrogen-bond donors (Lipinski definition) is 3. The number of para-hydroxylation sites is 1. The predicted octanol–water partition coefficient (Wildman–Crippen LogP) is 5.28. The number of halogens is 2. The minimum atomic E-state index is -0.888. The minimum absolute atomic E-state index is 0.114. The molecule has 0 saturated heterocycles. The Morgan fingerprint density at radius 1 is 1.10 bits per heavy atom. The summed E-state index contributed by atoms with van der Waals surface area (Å²) < 4.78 is 14.3. The SMILES string of the molecule is CCC(C)[C@H](NC(=O)[C@@H]1Cc2c([nH]c3ccccc23)C2c3ccccc3C(=O)N21)C(=O)NCc1c(F)cccc1Cl. The first-order valence-electron chi connectivity index (χ1n) is 13.8. The van der Waals surface area contributed by atoms with Crippen LogP contribution in [0, 0.1) is 11.7 Å². The van der Waals surface area contributed by atoms with Gasteiger partial charge < -0.3 is 20.5 Å². The molecule has 2 unspecified atom stereocenters. The van der Waals surface area contributed by atoms with Crippen LogP contribution in [-0.4, -0.2) is 39.7 Å². The highest BCUT2D eigenvalue weighted by Gasteiger charge is 2.49. The van der Waals surface area contributed by atoms with Gasteiger partial charge in [0.15, 0.2) is 0 Å². The number of aromatic nitrogens is 1. The fourth-order valence-corrected chi connectivity index (χ4v) is 6.31. The second-order valence-corrected chi connectivity index (χ2v) is 11.2. The van der Waals surface area contributed by atoms with Crippen LogP contribution < -0.4 is 10.6 Å². The molecule has 3 N–H and O–H groups in total. The summed E-state index contributed by atoms with van der Waals surface area (Å²) in [6.07, 6.45) is 0.924. The lowest BCUT2D eigenvalue weighted by Crippen LogP contribution is -2.58. The molecule has 0 radical (unpaired) electrons. The van der Waals surface area contributed by atoms with Crippen molar-refractivity contribution in [1.82, 2.24) is 20.5 Å². The smallest absolute Gasteiger partial charge is 0.255 e. The van der Waals surface area contributed by atoms with Gasteiger partial charge in [-0.1, -0.05) is 74.3 Å². The Morgan fingerprint density at radius 2 is 1.85 bits per heavy atom. The number of carbonyl (C=O) groups is 3. The molecule has 0 fully saturated rings. The van der Waals surface area contributed by atoms with E-state index in [9.17, 15) is 18.8 Å². The Morgan fingerprint density at radius 3 is 2.63 bits per heavy atom. The summed E-state index contributed by atoms with van der Waals surface area (Å²) in [6.45, 7) is 3.69. The van der Waals surface area contributed by atoms with E-state index in [1.54, 1.807) is 17.0 Å². The lowest BCUT2D eigenvalue weighted by Gasteiger charge is -2.38. The topological polar surface area (TPSA) is 94.3 Å². The molecule has 4 atom stereocenters. The number of benzene rings is 3. The van der Waals surface area contributed by atoms with E-state index in [0.717, 1.165) is 27.7 Å². The number of H-pyrrole nitrogens is 1. The van der Waals surface area contributed by atoms with Gasteiger partial charge in [0.25, 0.3) is 5.91 Å². The van der Waals surface area contributed by atoms with Crippen LogP contribution in [-0.2, 0) is 22.6 Å².